The quantitative estimate of drug-likeness (QED) is 0.0102. The molecule has 0 fully saturated rings. The van der Waals surface area contributed by atoms with E-state index in [2.05, 4.69) is 100 Å². The summed E-state index contributed by atoms with van der Waals surface area (Å²) in [6, 6.07) is 34.1. The van der Waals surface area contributed by atoms with E-state index in [0.717, 1.165) is 32.1 Å². The van der Waals surface area contributed by atoms with Crippen LogP contribution in [0.15, 0.2) is 133 Å². The van der Waals surface area contributed by atoms with E-state index in [0.29, 0.717) is 48.7 Å². The van der Waals surface area contributed by atoms with Gasteiger partial charge in [-0.15, -0.1) is 0 Å². The lowest BCUT2D eigenvalue weighted by Gasteiger charge is -2.36. The Morgan fingerprint density at radius 1 is 0.381 bits per heavy atom. The normalized spacial score (nSPS) is 13.9. The number of hydrogen-bond donors (Lipinski definition) is 2. The molecule has 6 amide bonds. The van der Waals surface area contributed by atoms with E-state index in [1.807, 2.05) is 111 Å². The predicted octanol–water partition coefficient (Wildman–Crippen LogP) is 19.4. The van der Waals surface area contributed by atoms with E-state index in [-0.39, 0.29) is 187 Å². The Morgan fingerprint density at radius 3 is 0.903 bits per heavy atom. The second kappa shape index (κ2) is 33.5. The van der Waals surface area contributed by atoms with Crippen LogP contribution in [-0.4, -0.2) is 122 Å². The predicted molar refractivity (Wildman–Crippen MR) is 440 cm³/mol. The Hall–Kier alpha value is -10.7. The highest BCUT2D eigenvalue weighted by Crippen LogP contribution is 2.58. The fourth-order valence-corrected chi connectivity index (χ4v) is 14.2. The first-order valence-electron chi connectivity index (χ1n) is 39.3. The molecule has 0 bridgehead atoms. The third-order valence-corrected chi connectivity index (χ3v) is 20.6. The van der Waals surface area contributed by atoms with Gasteiger partial charge in [-0.05, 0) is 157 Å². The molecule has 20 nitrogen and oxygen atoms in total. The molecule has 0 spiro atoms. The number of fused-ring (bicyclic) bond motifs is 2. The number of nitrogens with zero attached hydrogens (tertiary/aromatic N) is 2. The van der Waals surface area contributed by atoms with Crippen LogP contribution in [0.1, 0.15) is 227 Å². The highest BCUT2D eigenvalue weighted by atomic mass is 16.6. The Morgan fingerprint density at radius 2 is 0.655 bits per heavy atom. The van der Waals surface area contributed by atoms with Gasteiger partial charge in [0.15, 0.2) is 0 Å². The minimum atomic E-state index is -1.35. The topological polar surface area (TPSA) is 241 Å². The molecular formula is C93H108N4O16. The number of amides is 6. The van der Waals surface area contributed by atoms with Crippen LogP contribution < -0.4 is 29.6 Å². The van der Waals surface area contributed by atoms with Gasteiger partial charge in [-0.2, -0.15) is 0 Å². The van der Waals surface area contributed by atoms with Crippen LogP contribution in [0.2, 0.25) is 0 Å². The SMILES string of the molecule is C=C(C)C(=O)OCCOCCNC(=O)C(CCCC)N1C(=O)c2cc(Oc3ccc(C(C)(C)C)cc3)c3c4c(Oc5ccc(C(C)(C)C)cc5)cc5c6c(cc(Oc7ccc(C(C)(C)C)cc7)c(c7c(Oc8ccc(C(C)(C)C)cc8)cc(c2c37)C1=O)c64)C(=O)N(C(CCCC)C(=O)NCCOCCOC(=O)C(C)(C)C)C5=O. The van der Waals surface area contributed by atoms with Crippen molar-refractivity contribution in [2.75, 3.05) is 52.7 Å². The van der Waals surface area contributed by atoms with E-state index >= 15 is 28.8 Å². The van der Waals surface area contributed by atoms with E-state index in [9.17, 15) is 9.59 Å². The molecule has 2 unspecified atom stereocenters. The maximum absolute atomic E-state index is 16.5. The van der Waals surface area contributed by atoms with Crippen molar-refractivity contribution in [3.05, 3.63) is 178 Å². The zero-order valence-electron chi connectivity index (χ0n) is 68.7. The molecule has 0 aromatic heterocycles. The Labute approximate surface area is 662 Å². The van der Waals surface area contributed by atoms with Crippen LogP contribution in [-0.2, 0) is 59.8 Å². The zero-order valence-corrected chi connectivity index (χ0v) is 68.7. The lowest BCUT2D eigenvalue weighted by atomic mass is 9.80. The van der Waals surface area contributed by atoms with Crippen molar-refractivity contribution >= 4 is 90.5 Å². The number of unbranched alkanes of at least 4 members (excludes halogenated alkanes) is 2. The van der Waals surface area contributed by atoms with Gasteiger partial charge in [0, 0.05) is 61.8 Å². The van der Waals surface area contributed by atoms with Gasteiger partial charge in [-0.1, -0.05) is 178 Å². The maximum Gasteiger partial charge on any atom is 0.333 e. The van der Waals surface area contributed by atoms with Crippen molar-refractivity contribution in [3.8, 4) is 46.0 Å². The molecule has 0 radical (unpaired) electrons. The first-order chi connectivity index (χ1) is 53.3. The number of rotatable bonds is 31. The van der Waals surface area contributed by atoms with Gasteiger partial charge in [0.25, 0.3) is 23.6 Å². The number of esters is 2. The van der Waals surface area contributed by atoms with Crippen molar-refractivity contribution in [2.45, 2.75) is 197 Å². The molecule has 2 atom stereocenters. The highest BCUT2D eigenvalue weighted by molar-refractivity contribution is 6.45. The first kappa shape index (κ1) is 83.2. The molecular weight excluding hydrogens is 1430 g/mol. The van der Waals surface area contributed by atoms with Crippen molar-refractivity contribution in [2.24, 2.45) is 5.41 Å². The van der Waals surface area contributed by atoms with Crippen molar-refractivity contribution in [3.63, 3.8) is 0 Å². The molecule has 2 aliphatic rings. The van der Waals surface area contributed by atoms with Crippen LogP contribution >= 0.6 is 0 Å². The molecule has 9 aromatic rings. The van der Waals surface area contributed by atoms with Crippen molar-refractivity contribution in [1.82, 2.24) is 20.4 Å². The number of carbonyl (C=O) groups excluding carboxylic acids is 8. The largest absolute Gasteiger partial charge is 0.463 e. The van der Waals surface area contributed by atoms with Crippen molar-refractivity contribution in [1.29, 1.82) is 0 Å². The van der Waals surface area contributed by atoms with E-state index in [1.165, 1.54) is 0 Å². The summed E-state index contributed by atoms with van der Waals surface area (Å²) in [6.07, 6.45) is 2.27. The molecule has 596 valence electrons. The van der Waals surface area contributed by atoms with Gasteiger partial charge in [0.1, 0.15) is 71.3 Å². The summed E-state index contributed by atoms with van der Waals surface area (Å²) in [5.41, 5.74) is 2.45. The smallest absolute Gasteiger partial charge is 0.333 e. The summed E-state index contributed by atoms with van der Waals surface area (Å²) < 4.78 is 51.6. The minimum absolute atomic E-state index is 0.00195. The van der Waals surface area contributed by atoms with Gasteiger partial charge < -0.3 is 48.5 Å². The maximum atomic E-state index is 16.5. The number of carbonyl (C=O) groups is 8. The Kier molecular flexibility index (Phi) is 24.7. The second-order valence-corrected chi connectivity index (χ2v) is 34.6. The molecule has 2 heterocycles. The lowest BCUT2D eigenvalue weighted by molar-refractivity contribution is -0.154. The molecule has 20 heteroatoms. The van der Waals surface area contributed by atoms with Crippen LogP contribution in [0, 0.1) is 5.41 Å². The Bertz CT molecular complexity index is 4660. The van der Waals surface area contributed by atoms with Gasteiger partial charge in [-0.25, -0.2) is 4.79 Å². The number of nitrogens with one attached hydrogen (secondary N) is 2. The lowest BCUT2D eigenvalue weighted by Crippen LogP contribution is -2.54. The average molecular weight is 1540 g/mol. The number of imide groups is 2. The standard InChI is InChI=1S/C93H108N4O16/c1-20-22-24-67(81(98)94-42-44-106-46-48-108-87(104)54(3)4)96-83(100)63-50-69(110-59-34-26-55(27-35-59)89(5,6)7)75-77-71(112-61-38-30-57(31-39-61)91(11,12)13)52-65-74-66(86(103)97(85(65)102)68(25-23-21-2)82(99)95-43-45-107-47-49-109-88(105)93(17,18)19)53-72(113-62-40-32-58(33-41-62)92(14,15)16)78(80(74)77)76-70(51-64(84(96)101)73(63)79(75)76)111-60-36-28-56(29-37-60)90(8,9)10/h26-41,50-53,67-68H,3,20-25,42-49H2,1-2,4-19H3,(H,94,98)(H,95,99). The summed E-state index contributed by atoms with van der Waals surface area (Å²) in [6.45, 7) is 39.6. The van der Waals surface area contributed by atoms with Crippen LogP contribution in [0.4, 0.5) is 0 Å². The summed E-state index contributed by atoms with van der Waals surface area (Å²) >= 11 is 0. The summed E-state index contributed by atoms with van der Waals surface area (Å²) in [5, 5.41) is 7.92. The highest BCUT2D eigenvalue weighted by Gasteiger charge is 2.46. The minimum Gasteiger partial charge on any atom is -0.463 e. The van der Waals surface area contributed by atoms with Gasteiger partial charge in [0.05, 0.1) is 54.1 Å². The number of ether oxygens (including phenoxy) is 8. The Balaban J connectivity index is 1.23. The fourth-order valence-electron chi connectivity index (χ4n) is 14.2. The van der Waals surface area contributed by atoms with Crippen LogP contribution in [0.5, 0.6) is 46.0 Å². The second-order valence-electron chi connectivity index (χ2n) is 34.6. The third-order valence-electron chi connectivity index (χ3n) is 20.6. The van der Waals surface area contributed by atoms with E-state index in [4.69, 9.17) is 37.9 Å². The fraction of sp³-hybridized carbons (Fsp3) is 0.419. The monoisotopic (exact) mass is 1540 g/mol. The van der Waals surface area contributed by atoms with E-state index in [1.54, 1.807) is 52.0 Å². The molecule has 9 aromatic carbocycles. The van der Waals surface area contributed by atoms with Crippen molar-refractivity contribution < 1.29 is 76.3 Å². The zero-order chi connectivity index (χ0) is 82.0. The van der Waals surface area contributed by atoms with Gasteiger partial charge in [-0.3, -0.25) is 43.4 Å². The molecule has 0 saturated heterocycles. The van der Waals surface area contributed by atoms with Gasteiger partial charge >= 0.3 is 11.9 Å². The molecule has 11 rings (SSSR count). The molecule has 2 aliphatic heterocycles. The summed E-state index contributed by atoms with van der Waals surface area (Å²) in [7, 11) is 0. The molecule has 0 saturated carbocycles. The molecule has 0 aliphatic carbocycles. The summed E-state index contributed by atoms with van der Waals surface area (Å²) in [5.74, 6) is -3.59. The molecule has 113 heavy (non-hydrogen) atoms. The third kappa shape index (κ3) is 18.0. The number of hydrogen-bond acceptors (Lipinski definition) is 16. The van der Waals surface area contributed by atoms with E-state index < -0.39 is 58.9 Å². The molecule has 2 N–H and O–H groups in total. The first-order valence-corrected chi connectivity index (χ1v) is 39.3. The number of benzene rings is 9. The summed E-state index contributed by atoms with van der Waals surface area (Å²) in [4.78, 5) is 123. The average Bonchev–Trinajstić information content (AvgIpc) is 0.671. The van der Waals surface area contributed by atoms with Crippen LogP contribution in [0.3, 0.4) is 0 Å². The van der Waals surface area contributed by atoms with Crippen LogP contribution in [0.25, 0.3) is 43.1 Å². The van der Waals surface area contributed by atoms with Gasteiger partial charge in [0.2, 0.25) is 11.8 Å².